The van der Waals surface area contributed by atoms with Crippen LogP contribution in [0.1, 0.15) is 56.9 Å². The number of piperidine rings is 1. The maximum absolute atomic E-state index is 12.7. The summed E-state index contributed by atoms with van der Waals surface area (Å²) >= 11 is 0. The molecule has 0 bridgehead atoms. The first-order valence-electron chi connectivity index (χ1n) is 10.3. The van der Waals surface area contributed by atoms with Crippen LogP contribution in [0.2, 0.25) is 0 Å². The van der Waals surface area contributed by atoms with E-state index in [4.69, 9.17) is 0 Å². The quantitative estimate of drug-likeness (QED) is 0.661. The van der Waals surface area contributed by atoms with Crippen LogP contribution in [0.5, 0.6) is 0 Å². The number of amides is 1. The van der Waals surface area contributed by atoms with Crippen molar-refractivity contribution in [1.29, 1.82) is 0 Å². The molecule has 1 saturated heterocycles. The number of pyridine rings is 1. The number of hydrogen-bond acceptors (Lipinski definition) is 3. The lowest BCUT2D eigenvalue weighted by atomic mass is 9.94. The van der Waals surface area contributed by atoms with E-state index in [0.29, 0.717) is 18.9 Å². The smallest absolute Gasteiger partial charge is 0.223 e. The largest absolute Gasteiger partial charge is 0.338 e. The zero-order valence-corrected chi connectivity index (χ0v) is 16.0. The van der Waals surface area contributed by atoms with Crippen molar-refractivity contribution < 1.29 is 4.79 Å². The number of carbonyl (C=O) groups excluding carboxylic acids is 1. The Morgan fingerprint density at radius 2 is 2.04 bits per heavy atom. The number of nitrogens with zero attached hydrogens (tertiary/aromatic N) is 3. The minimum atomic E-state index is 0.243. The fourth-order valence-corrected chi connectivity index (χ4v) is 4.43. The average Bonchev–Trinajstić information content (AvgIpc) is 3.22. The van der Waals surface area contributed by atoms with E-state index in [1.807, 2.05) is 18.3 Å². The Balaban J connectivity index is 1.54. The summed E-state index contributed by atoms with van der Waals surface area (Å²) in [5.41, 5.74) is 1.11. The fraction of sp³-hybridized carbons (Fsp3) is 0.636. The number of likely N-dealkylation sites (tertiary alicyclic amines) is 1. The Labute approximate surface area is 158 Å². The van der Waals surface area contributed by atoms with Gasteiger partial charge < -0.3 is 9.80 Å². The van der Waals surface area contributed by atoms with E-state index in [1.165, 1.54) is 51.6 Å². The van der Waals surface area contributed by atoms with Gasteiger partial charge in [-0.2, -0.15) is 0 Å². The van der Waals surface area contributed by atoms with Crippen molar-refractivity contribution in [3.05, 3.63) is 42.7 Å². The minimum absolute atomic E-state index is 0.243. The maximum Gasteiger partial charge on any atom is 0.223 e. The molecule has 4 nitrogen and oxygen atoms in total. The Kier molecular flexibility index (Phi) is 7.24. The monoisotopic (exact) mass is 355 g/mol. The van der Waals surface area contributed by atoms with E-state index in [1.54, 1.807) is 6.20 Å². The molecule has 0 spiro atoms. The van der Waals surface area contributed by atoms with Gasteiger partial charge in [0.15, 0.2) is 0 Å². The number of rotatable bonds is 8. The molecule has 1 aromatic rings. The van der Waals surface area contributed by atoms with E-state index < -0.39 is 0 Å². The van der Waals surface area contributed by atoms with Crippen molar-refractivity contribution in [1.82, 2.24) is 14.8 Å². The van der Waals surface area contributed by atoms with Crippen LogP contribution in [0.15, 0.2) is 37.2 Å². The third kappa shape index (κ3) is 5.41. The highest BCUT2D eigenvalue weighted by Gasteiger charge is 2.28. The van der Waals surface area contributed by atoms with Crippen LogP contribution in [-0.2, 0) is 11.3 Å². The number of allylic oxidation sites excluding steroid dienone is 1. The summed E-state index contributed by atoms with van der Waals surface area (Å²) in [6.45, 7) is 7.71. The van der Waals surface area contributed by atoms with Gasteiger partial charge in [0.1, 0.15) is 0 Å². The molecule has 1 saturated carbocycles. The van der Waals surface area contributed by atoms with Crippen molar-refractivity contribution in [2.24, 2.45) is 5.92 Å². The zero-order valence-electron chi connectivity index (χ0n) is 16.0. The van der Waals surface area contributed by atoms with E-state index in [0.717, 1.165) is 24.6 Å². The third-order valence-electron chi connectivity index (χ3n) is 5.98. The van der Waals surface area contributed by atoms with E-state index in [2.05, 4.69) is 27.4 Å². The molecule has 0 atom stereocenters. The summed E-state index contributed by atoms with van der Waals surface area (Å²) in [5.74, 6) is 0.865. The van der Waals surface area contributed by atoms with Crippen LogP contribution in [0, 0.1) is 5.92 Å². The van der Waals surface area contributed by atoms with E-state index in [9.17, 15) is 4.79 Å². The molecule has 1 amide bonds. The van der Waals surface area contributed by atoms with Gasteiger partial charge in [-0.05, 0) is 62.7 Å². The molecule has 1 aliphatic heterocycles. The molecule has 2 fully saturated rings. The molecule has 4 heteroatoms. The molecular weight excluding hydrogens is 322 g/mol. The average molecular weight is 356 g/mol. The van der Waals surface area contributed by atoms with Crippen molar-refractivity contribution in [2.45, 2.75) is 64.0 Å². The van der Waals surface area contributed by atoms with Crippen molar-refractivity contribution in [2.75, 3.05) is 19.6 Å². The summed E-state index contributed by atoms with van der Waals surface area (Å²) in [7, 11) is 0. The second-order valence-electron chi connectivity index (χ2n) is 7.88. The van der Waals surface area contributed by atoms with Gasteiger partial charge in [0, 0.05) is 37.9 Å². The van der Waals surface area contributed by atoms with Crippen LogP contribution in [0.3, 0.4) is 0 Å². The Bertz CT molecular complexity index is 560. The molecule has 2 aliphatic rings. The lowest BCUT2D eigenvalue weighted by Crippen LogP contribution is -2.43. The summed E-state index contributed by atoms with van der Waals surface area (Å²) in [6, 6.07) is 4.84. The molecule has 1 aromatic heterocycles. The molecule has 2 heterocycles. The molecule has 0 aromatic carbocycles. The van der Waals surface area contributed by atoms with Gasteiger partial charge in [-0.1, -0.05) is 25.0 Å². The second kappa shape index (κ2) is 9.86. The van der Waals surface area contributed by atoms with Gasteiger partial charge in [-0.3, -0.25) is 9.78 Å². The van der Waals surface area contributed by atoms with Gasteiger partial charge in [0.05, 0.1) is 0 Å². The highest BCUT2D eigenvalue weighted by molar-refractivity contribution is 5.76. The molecule has 3 rings (SSSR count). The topological polar surface area (TPSA) is 36.4 Å². The van der Waals surface area contributed by atoms with Crippen LogP contribution in [0.25, 0.3) is 0 Å². The number of hydrogen-bond donors (Lipinski definition) is 0. The van der Waals surface area contributed by atoms with Gasteiger partial charge >= 0.3 is 0 Å². The van der Waals surface area contributed by atoms with E-state index in [-0.39, 0.29) is 5.91 Å². The zero-order chi connectivity index (χ0) is 18.2. The van der Waals surface area contributed by atoms with Crippen molar-refractivity contribution in [3.63, 3.8) is 0 Å². The minimum Gasteiger partial charge on any atom is -0.338 e. The van der Waals surface area contributed by atoms with Gasteiger partial charge in [0.25, 0.3) is 0 Å². The molecule has 0 radical (unpaired) electrons. The van der Waals surface area contributed by atoms with Crippen LogP contribution < -0.4 is 0 Å². The standard InChI is InChI=1S/C22H33N3O/c1-2-3-10-22(26)25(18-20-7-6-13-23-16-20)17-19-11-14-24(15-12-19)21-8-4-5-9-21/h2,6-7,13,16,19,21H,1,3-5,8-12,14-15,17-18H2. The van der Waals surface area contributed by atoms with Crippen molar-refractivity contribution >= 4 is 5.91 Å². The van der Waals surface area contributed by atoms with Gasteiger partial charge in [-0.15, -0.1) is 6.58 Å². The molecule has 1 aliphatic carbocycles. The lowest BCUT2D eigenvalue weighted by Gasteiger charge is -2.38. The second-order valence-corrected chi connectivity index (χ2v) is 7.88. The van der Waals surface area contributed by atoms with Gasteiger partial charge in [0.2, 0.25) is 5.91 Å². The Morgan fingerprint density at radius 1 is 1.27 bits per heavy atom. The maximum atomic E-state index is 12.7. The lowest BCUT2D eigenvalue weighted by molar-refractivity contribution is -0.132. The van der Waals surface area contributed by atoms with Gasteiger partial charge in [-0.25, -0.2) is 0 Å². The number of carbonyl (C=O) groups is 1. The Morgan fingerprint density at radius 3 is 2.69 bits per heavy atom. The molecular formula is C22H33N3O. The van der Waals surface area contributed by atoms with Crippen LogP contribution >= 0.6 is 0 Å². The molecule has 26 heavy (non-hydrogen) atoms. The predicted octanol–water partition coefficient (Wildman–Crippen LogP) is 4.03. The summed E-state index contributed by atoms with van der Waals surface area (Å²) in [4.78, 5) is 21.7. The first-order chi connectivity index (χ1) is 12.8. The summed E-state index contributed by atoms with van der Waals surface area (Å²) in [5, 5.41) is 0. The van der Waals surface area contributed by atoms with Crippen LogP contribution in [-0.4, -0.2) is 46.4 Å². The predicted molar refractivity (Wildman–Crippen MR) is 106 cm³/mol. The highest BCUT2D eigenvalue weighted by atomic mass is 16.2. The highest BCUT2D eigenvalue weighted by Crippen LogP contribution is 2.28. The number of aromatic nitrogens is 1. The van der Waals surface area contributed by atoms with Crippen LogP contribution in [0.4, 0.5) is 0 Å². The molecule has 0 unspecified atom stereocenters. The molecule has 0 N–H and O–H groups in total. The molecule has 142 valence electrons. The summed E-state index contributed by atoms with van der Waals surface area (Å²) in [6.07, 6.45) is 14.8. The van der Waals surface area contributed by atoms with E-state index >= 15 is 0 Å². The first-order valence-corrected chi connectivity index (χ1v) is 10.3. The SMILES string of the molecule is C=CCCC(=O)N(Cc1cccnc1)CC1CCN(C2CCCC2)CC1. The normalized spacial score (nSPS) is 19.5. The first kappa shape index (κ1) is 19.1. The Hall–Kier alpha value is -1.68. The van der Waals surface area contributed by atoms with Crippen molar-refractivity contribution in [3.8, 4) is 0 Å². The summed E-state index contributed by atoms with van der Waals surface area (Å²) < 4.78 is 0. The fourth-order valence-electron chi connectivity index (χ4n) is 4.43. The third-order valence-corrected chi connectivity index (χ3v) is 5.98.